The molecule has 19 heavy (non-hydrogen) atoms. The monoisotopic (exact) mass is 263 g/mol. The maximum Gasteiger partial charge on any atom is 0.224 e. The maximum atomic E-state index is 11.6. The van der Waals surface area contributed by atoms with Crippen molar-refractivity contribution >= 4 is 11.6 Å². The molecule has 0 bridgehead atoms. The number of nitrogens with one attached hydrogen (secondary N) is 1. The Morgan fingerprint density at radius 2 is 2.05 bits per heavy atom. The summed E-state index contributed by atoms with van der Waals surface area (Å²) in [5, 5.41) is 2.91. The van der Waals surface area contributed by atoms with Gasteiger partial charge in [-0.25, -0.2) is 0 Å². The van der Waals surface area contributed by atoms with Crippen LogP contribution in [0.5, 0.6) is 0 Å². The largest absolute Gasteiger partial charge is 0.330 e. The van der Waals surface area contributed by atoms with E-state index in [4.69, 9.17) is 5.73 Å². The average Bonchev–Trinajstić information content (AvgIpc) is 2.43. The van der Waals surface area contributed by atoms with Crippen molar-refractivity contribution in [3.05, 3.63) is 29.8 Å². The Labute approximate surface area is 116 Å². The van der Waals surface area contributed by atoms with Gasteiger partial charge in [-0.05, 0) is 43.8 Å². The standard InChI is InChI=1S/C15H25N3O/c1-3-18(4-2)12-13-7-5-8-14(11-13)17-15(19)9-6-10-16/h5,7-8,11H,3-4,6,9-10,12,16H2,1-2H3,(H,17,19). The normalized spacial score (nSPS) is 10.7. The van der Waals surface area contributed by atoms with Crippen molar-refractivity contribution < 1.29 is 4.79 Å². The van der Waals surface area contributed by atoms with E-state index < -0.39 is 0 Å². The Bertz CT molecular complexity index is 389. The zero-order valence-electron chi connectivity index (χ0n) is 12.0. The van der Waals surface area contributed by atoms with Crippen molar-refractivity contribution in [2.24, 2.45) is 5.73 Å². The fraction of sp³-hybridized carbons (Fsp3) is 0.533. The van der Waals surface area contributed by atoms with Gasteiger partial charge in [0.05, 0.1) is 0 Å². The van der Waals surface area contributed by atoms with E-state index in [-0.39, 0.29) is 5.91 Å². The predicted molar refractivity (Wildman–Crippen MR) is 80.0 cm³/mol. The first-order valence-electron chi connectivity index (χ1n) is 7.00. The Morgan fingerprint density at radius 1 is 1.32 bits per heavy atom. The quantitative estimate of drug-likeness (QED) is 0.756. The van der Waals surface area contributed by atoms with Gasteiger partial charge < -0.3 is 11.1 Å². The lowest BCUT2D eigenvalue weighted by Crippen LogP contribution is -2.22. The summed E-state index contributed by atoms with van der Waals surface area (Å²) < 4.78 is 0. The molecule has 0 aliphatic carbocycles. The third kappa shape index (κ3) is 5.85. The molecule has 0 saturated heterocycles. The fourth-order valence-electron chi connectivity index (χ4n) is 1.94. The average molecular weight is 263 g/mol. The van der Waals surface area contributed by atoms with Crippen molar-refractivity contribution in [3.8, 4) is 0 Å². The van der Waals surface area contributed by atoms with Crippen LogP contribution in [0.3, 0.4) is 0 Å². The number of benzene rings is 1. The highest BCUT2D eigenvalue weighted by Gasteiger charge is 2.04. The molecule has 0 aliphatic rings. The first kappa shape index (κ1) is 15.7. The molecule has 0 atom stereocenters. The minimum atomic E-state index is 0.0328. The van der Waals surface area contributed by atoms with Gasteiger partial charge in [-0.15, -0.1) is 0 Å². The molecular weight excluding hydrogens is 238 g/mol. The number of hydrogen-bond donors (Lipinski definition) is 2. The van der Waals surface area contributed by atoms with Gasteiger partial charge in [-0.2, -0.15) is 0 Å². The van der Waals surface area contributed by atoms with Gasteiger partial charge in [-0.1, -0.05) is 26.0 Å². The summed E-state index contributed by atoms with van der Waals surface area (Å²) >= 11 is 0. The van der Waals surface area contributed by atoms with Gasteiger partial charge >= 0.3 is 0 Å². The van der Waals surface area contributed by atoms with Gasteiger partial charge in [0.2, 0.25) is 5.91 Å². The number of rotatable bonds is 8. The second kappa shape index (κ2) is 8.67. The minimum Gasteiger partial charge on any atom is -0.330 e. The van der Waals surface area contributed by atoms with E-state index in [1.54, 1.807) is 0 Å². The van der Waals surface area contributed by atoms with Crippen LogP contribution in [0.4, 0.5) is 5.69 Å². The number of anilines is 1. The summed E-state index contributed by atoms with van der Waals surface area (Å²) in [4.78, 5) is 14.0. The molecule has 0 aromatic heterocycles. The van der Waals surface area contributed by atoms with Gasteiger partial charge in [0.25, 0.3) is 0 Å². The molecule has 1 aromatic carbocycles. The van der Waals surface area contributed by atoms with Crippen molar-refractivity contribution in [2.45, 2.75) is 33.2 Å². The second-order valence-corrected chi connectivity index (χ2v) is 4.60. The maximum absolute atomic E-state index is 11.6. The van der Waals surface area contributed by atoms with Crippen LogP contribution >= 0.6 is 0 Å². The molecule has 1 aromatic rings. The third-order valence-electron chi connectivity index (χ3n) is 3.12. The zero-order chi connectivity index (χ0) is 14.1. The van der Waals surface area contributed by atoms with Crippen molar-refractivity contribution in [2.75, 3.05) is 25.0 Å². The van der Waals surface area contributed by atoms with Crippen LogP contribution in [-0.4, -0.2) is 30.4 Å². The molecule has 1 rings (SSSR count). The van der Waals surface area contributed by atoms with Crippen LogP contribution in [-0.2, 0) is 11.3 Å². The van der Waals surface area contributed by atoms with E-state index in [0.717, 1.165) is 31.7 Å². The van der Waals surface area contributed by atoms with Crippen LogP contribution in [0.1, 0.15) is 32.3 Å². The zero-order valence-corrected chi connectivity index (χ0v) is 12.0. The van der Waals surface area contributed by atoms with Gasteiger partial charge in [0.15, 0.2) is 0 Å². The molecule has 0 aliphatic heterocycles. The Kier molecular flexibility index (Phi) is 7.15. The molecule has 0 unspecified atom stereocenters. The molecule has 106 valence electrons. The summed E-state index contributed by atoms with van der Waals surface area (Å²) in [5.74, 6) is 0.0328. The number of carbonyl (C=O) groups excluding carboxylic acids is 1. The Hall–Kier alpha value is -1.39. The van der Waals surface area contributed by atoms with E-state index in [1.165, 1.54) is 5.56 Å². The van der Waals surface area contributed by atoms with Crippen LogP contribution in [0.15, 0.2) is 24.3 Å². The number of carbonyl (C=O) groups is 1. The third-order valence-corrected chi connectivity index (χ3v) is 3.12. The highest BCUT2D eigenvalue weighted by molar-refractivity contribution is 5.90. The van der Waals surface area contributed by atoms with Crippen LogP contribution in [0.25, 0.3) is 0 Å². The fourth-order valence-corrected chi connectivity index (χ4v) is 1.94. The lowest BCUT2D eigenvalue weighted by atomic mass is 10.2. The summed E-state index contributed by atoms with van der Waals surface area (Å²) in [6, 6.07) is 8.04. The molecular formula is C15H25N3O. The SMILES string of the molecule is CCN(CC)Cc1cccc(NC(=O)CCCN)c1. The summed E-state index contributed by atoms with van der Waals surface area (Å²) in [6.07, 6.45) is 1.21. The lowest BCUT2D eigenvalue weighted by molar-refractivity contribution is -0.116. The van der Waals surface area contributed by atoms with Gasteiger partial charge in [0.1, 0.15) is 0 Å². The molecule has 4 heteroatoms. The van der Waals surface area contributed by atoms with E-state index in [2.05, 4.69) is 30.1 Å². The summed E-state index contributed by atoms with van der Waals surface area (Å²) in [5.41, 5.74) is 7.48. The van der Waals surface area contributed by atoms with E-state index in [1.807, 2.05) is 18.2 Å². The lowest BCUT2D eigenvalue weighted by Gasteiger charge is -2.18. The Morgan fingerprint density at radius 3 is 2.68 bits per heavy atom. The van der Waals surface area contributed by atoms with E-state index in [0.29, 0.717) is 13.0 Å². The molecule has 3 N–H and O–H groups in total. The van der Waals surface area contributed by atoms with E-state index >= 15 is 0 Å². The highest BCUT2D eigenvalue weighted by Crippen LogP contribution is 2.13. The molecule has 4 nitrogen and oxygen atoms in total. The Balaban J connectivity index is 2.58. The topological polar surface area (TPSA) is 58.4 Å². The van der Waals surface area contributed by atoms with E-state index in [9.17, 15) is 4.79 Å². The van der Waals surface area contributed by atoms with Crippen LogP contribution in [0, 0.1) is 0 Å². The number of nitrogens with two attached hydrogens (primary N) is 1. The molecule has 0 fully saturated rings. The smallest absolute Gasteiger partial charge is 0.224 e. The molecule has 0 radical (unpaired) electrons. The first-order chi connectivity index (χ1) is 9.19. The minimum absolute atomic E-state index is 0.0328. The van der Waals surface area contributed by atoms with Crippen molar-refractivity contribution in [1.82, 2.24) is 4.90 Å². The van der Waals surface area contributed by atoms with Crippen molar-refractivity contribution in [3.63, 3.8) is 0 Å². The van der Waals surface area contributed by atoms with Gasteiger partial charge in [0, 0.05) is 18.7 Å². The van der Waals surface area contributed by atoms with Gasteiger partial charge in [-0.3, -0.25) is 9.69 Å². The number of hydrogen-bond acceptors (Lipinski definition) is 3. The predicted octanol–water partition coefficient (Wildman–Crippen LogP) is 2.21. The summed E-state index contributed by atoms with van der Waals surface area (Å²) in [6.45, 7) is 7.84. The van der Waals surface area contributed by atoms with Crippen LogP contribution in [0.2, 0.25) is 0 Å². The van der Waals surface area contributed by atoms with Crippen molar-refractivity contribution in [1.29, 1.82) is 0 Å². The second-order valence-electron chi connectivity index (χ2n) is 4.60. The molecule has 0 heterocycles. The molecule has 0 spiro atoms. The first-order valence-corrected chi connectivity index (χ1v) is 7.00. The van der Waals surface area contributed by atoms with Crippen LogP contribution < -0.4 is 11.1 Å². The molecule has 0 saturated carbocycles. The summed E-state index contributed by atoms with van der Waals surface area (Å²) in [7, 11) is 0. The number of nitrogens with zero attached hydrogens (tertiary/aromatic N) is 1. The molecule has 1 amide bonds. The highest BCUT2D eigenvalue weighted by atomic mass is 16.1. The number of amides is 1.